The molecule has 0 spiro atoms. The van der Waals surface area contributed by atoms with Gasteiger partial charge in [0.25, 0.3) is 10.0 Å². The van der Waals surface area contributed by atoms with Crippen molar-refractivity contribution in [3.05, 3.63) is 79.0 Å². The van der Waals surface area contributed by atoms with Gasteiger partial charge in [0.2, 0.25) is 11.8 Å². The second-order valence-electron chi connectivity index (χ2n) is 9.66. The van der Waals surface area contributed by atoms with Crippen molar-refractivity contribution in [3.8, 4) is 28.4 Å². The summed E-state index contributed by atoms with van der Waals surface area (Å²) in [4.78, 5) is 11.0. The number of benzene rings is 3. The highest BCUT2D eigenvalue weighted by Gasteiger charge is 2.24. The molecule has 12 heteroatoms. The zero-order valence-electron chi connectivity index (χ0n) is 23.1. The highest BCUT2D eigenvalue weighted by molar-refractivity contribution is 7.92. The van der Waals surface area contributed by atoms with E-state index in [9.17, 15) is 8.42 Å². The number of pyridine rings is 1. The Bertz CT molecular complexity index is 1850. The van der Waals surface area contributed by atoms with Crippen LogP contribution in [0, 0.1) is 0 Å². The van der Waals surface area contributed by atoms with E-state index >= 15 is 0 Å². The van der Waals surface area contributed by atoms with Gasteiger partial charge in [0.15, 0.2) is 0 Å². The number of nitrogens with one attached hydrogen (secondary N) is 1. The Hall–Kier alpha value is -4.81. The first-order chi connectivity index (χ1) is 20.4. The zero-order chi connectivity index (χ0) is 29.3. The molecule has 0 aliphatic carbocycles. The molecule has 0 unspecified atom stereocenters. The van der Waals surface area contributed by atoms with Crippen molar-refractivity contribution < 1.29 is 22.6 Å². The van der Waals surface area contributed by atoms with E-state index in [1.54, 1.807) is 30.5 Å². The second-order valence-corrected chi connectivity index (χ2v) is 11.3. The number of sulfonamides is 1. The summed E-state index contributed by atoms with van der Waals surface area (Å²) in [5.41, 5.74) is 11.4. The maximum atomic E-state index is 13.5. The van der Waals surface area contributed by atoms with Crippen LogP contribution in [-0.4, -0.2) is 63.5 Å². The highest BCUT2D eigenvalue weighted by atomic mass is 32.2. The minimum atomic E-state index is -4.09. The molecule has 0 bridgehead atoms. The molecule has 1 saturated heterocycles. The summed E-state index contributed by atoms with van der Waals surface area (Å²) in [6, 6.07) is 22.1. The number of rotatable bonds is 8. The summed E-state index contributed by atoms with van der Waals surface area (Å²) >= 11 is 0. The van der Waals surface area contributed by atoms with Crippen molar-refractivity contribution in [1.29, 1.82) is 0 Å². The average Bonchev–Trinajstić information content (AvgIpc) is 3.36. The number of nitrogens with two attached hydrogens (primary N) is 1. The Morgan fingerprint density at radius 2 is 1.64 bits per heavy atom. The van der Waals surface area contributed by atoms with Gasteiger partial charge in [-0.05, 0) is 60.2 Å². The third kappa shape index (κ3) is 5.17. The number of nitrogens with zero attached hydrogens (tertiary/aromatic N) is 4. The predicted octanol–water partition coefficient (Wildman–Crippen LogP) is 4.32. The van der Waals surface area contributed by atoms with Crippen LogP contribution in [0.5, 0.6) is 11.6 Å². The van der Waals surface area contributed by atoms with E-state index in [0.29, 0.717) is 41.7 Å². The predicted molar refractivity (Wildman–Crippen MR) is 162 cm³/mol. The molecule has 0 radical (unpaired) electrons. The molecule has 3 heterocycles. The molecule has 1 aliphatic rings. The average molecular weight is 587 g/mol. The fourth-order valence-electron chi connectivity index (χ4n) is 5.04. The minimum absolute atomic E-state index is 0.0307. The maximum absolute atomic E-state index is 13.5. The number of hydrogen-bond donors (Lipinski definition) is 2. The van der Waals surface area contributed by atoms with Crippen LogP contribution in [0.15, 0.2) is 83.9 Å². The van der Waals surface area contributed by atoms with E-state index < -0.39 is 10.0 Å². The molecule has 216 valence electrons. The van der Waals surface area contributed by atoms with Crippen LogP contribution < -0.4 is 24.8 Å². The molecule has 3 N–H and O–H groups in total. The molecule has 0 atom stereocenters. The van der Waals surface area contributed by atoms with E-state index in [-0.39, 0.29) is 10.8 Å². The summed E-state index contributed by atoms with van der Waals surface area (Å²) in [5, 5.41) is 0. The van der Waals surface area contributed by atoms with Gasteiger partial charge in [-0.1, -0.05) is 18.2 Å². The van der Waals surface area contributed by atoms with Crippen molar-refractivity contribution in [2.45, 2.75) is 4.90 Å². The van der Waals surface area contributed by atoms with Crippen LogP contribution >= 0.6 is 0 Å². The third-order valence-corrected chi connectivity index (χ3v) is 8.51. The van der Waals surface area contributed by atoms with E-state index in [1.165, 1.54) is 20.3 Å². The first kappa shape index (κ1) is 27.4. The smallest absolute Gasteiger partial charge is 0.267 e. The number of methoxy groups -OCH3 is 2. The van der Waals surface area contributed by atoms with Crippen molar-refractivity contribution in [1.82, 2.24) is 14.5 Å². The number of aromatic nitrogens is 3. The Morgan fingerprint density at radius 1 is 0.905 bits per heavy atom. The summed E-state index contributed by atoms with van der Waals surface area (Å²) in [5.74, 6) is 0.703. The van der Waals surface area contributed by atoms with Gasteiger partial charge in [-0.25, -0.2) is 18.4 Å². The van der Waals surface area contributed by atoms with E-state index in [2.05, 4.69) is 31.7 Å². The fraction of sp³-hybridized carbons (Fsp3) is 0.200. The Morgan fingerprint density at radius 3 is 2.38 bits per heavy atom. The topological polar surface area (TPSA) is 134 Å². The lowest BCUT2D eigenvalue weighted by Gasteiger charge is -2.29. The molecule has 1 aliphatic heterocycles. The van der Waals surface area contributed by atoms with Crippen LogP contribution in [0.2, 0.25) is 0 Å². The van der Waals surface area contributed by atoms with Crippen molar-refractivity contribution in [2.24, 2.45) is 0 Å². The van der Waals surface area contributed by atoms with Crippen LogP contribution in [0.1, 0.15) is 0 Å². The Kier molecular flexibility index (Phi) is 7.31. The van der Waals surface area contributed by atoms with Crippen LogP contribution in [0.25, 0.3) is 27.8 Å². The molecule has 6 rings (SSSR count). The number of fused-ring (bicyclic) bond motifs is 1. The molecule has 5 aromatic rings. The molecule has 3 aromatic carbocycles. The summed E-state index contributed by atoms with van der Waals surface area (Å²) in [6.45, 7) is 3.12. The Balaban J connectivity index is 1.37. The van der Waals surface area contributed by atoms with Crippen LogP contribution in [0.3, 0.4) is 0 Å². The normalized spacial score (nSPS) is 13.7. The monoisotopic (exact) mass is 586 g/mol. The van der Waals surface area contributed by atoms with Gasteiger partial charge < -0.3 is 24.8 Å². The number of anilines is 3. The van der Waals surface area contributed by atoms with Crippen molar-refractivity contribution >= 4 is 38.4 Å². The van der Waals surface area contributed by atoms with Gasteiger partial charge in [0.05, 0.1) is 44.2 Å². The molecular formula is C30H30N6O5S. The number of imidazole rings is 1. The summed E-state index contributed by atoms with van der Waals surface area (Å²) in [7, 11) is -1.24. The SMILES string of the molecule is COc1ccccc1NS(=O)(=O)c1cc(-c2ccc3nc(N)n(-c4ccc(N5CCOCC5)cc4)c3c2)cnc1OC. The lowest BCUT2D eigenvalue weighted by atomic mass is 10.1. The molecular weight excluding hydrogens is 556 g/mol. The quantitative estimate of drug-likeness (QED) is 0.273. The van der Waals surface area contributed by atoms with Gasteiger partial charge in [-0.15, -0.1) is 0 Å². The van der Waals surface area contributed by atoms with Crippen molar-refractivity contribution in [2.75, 3.05) is 55.9 Å². The Labute approximate surface area is 243 Å². The number of ether oxygens (including phenoxy) is 3. The number of hydrogen-bond acceptors (Lipinski definition) is 9. The van der Waals surface area contributed by atoms with Gasteiger partial charge in [-0.2, -0.15) is 0 Å². The first-order valence-electron chi connectivity index (χ1n) is 13.3. The minimum Gasteiger partial charge on any atom is -0.495 e. The highest BCUT2D eigenvalue weighted by Crippen LogP contribution is 2.34. The van der Waals surface area contributed by atoms with E-state index in [0.717, 1.165) is 35.5 Å². The number of morpholine rings is 1. The molecule has 42 heavy (non-hydrogen) atoms. The number of nitrogen functional groups attached to an aromatic ring is 1. The molecule has 2 aromatic heterocycles. The standard InChI is InChI=1S/C30H30N6O5S/c1-39-27-6-4-3-5-25(27)34-42(37,38)28-18-21(19-32-29(28)40-2)20-7-12-24-26(17-20)36(30(31)33-24)23-10-8-22(9-11-23)35-13-15-41-16-14-35/h3-12,17-19,34H,13-16H2,1-2H3,(H2,31,33). The van der Waals surface area contributed by atoms with Gasteiger partial charge in [0, 0.05) is 36.2 Å². The largest absolute Gasteiger partial charge is 0.495 e. The molecule has 11 nitrogen and oxygen atoms in total. The fourth-order valence-corrected chi connectivity index (χ4v) is 6.26. The van der Waals surface area contributed by atoms with Gasteiger partial charge >= 0.3 is 0 Å². The van der Waals surface area contributed by atoms with Crippen LogP contribution in [0.4, 0.5) is 17.3 Å². The zero-order valence-corrected chi connectivity index (χ0v) is 24.0. The van der Waals surface area contributed by atoms with Gasteiger partial charge in [-0.3, -0.25) is 9.29 Å². The van der Waals surface area contributed by atoms with Gasteiger partial charge in [0.1, 0.15) is 10.6 Å². The van der Waals surface area contributed by atoms with E-state index in [1.807, 2.05) is 34.9 Å². The first-order valence-corrected chi connectivity index (χ1v) is 14.8. The molecule has 0 amide bonds. The van der Waals surface area contributed by atoms with Crippen molar-refractivity contribution in [3.63, 3.8) is 0 Å². The lowest BCUT2D eigenvalue weighted by molar-refractivity contribution is 0.122. The third-order valence-electron chi connectivity index (χ3n) is 7.15. The van der Waals surface area contributed by atoms with E-state index in [4.69, 9.17) is 19.9 Å². The second kappa shape index (κ2) is 11.2. The molecule has 1 fully saturated rings. The number of para-hydroxylation sites is 2. The summed E-state index contributed by atoms with van der Waals surface area (Å²) in [6.07, 6.45) is 1.57. The van der Waals surface area contributed by atoms with Crippen LogP contribution in [-0.2, 0) is 14.8 Å². The lowest BCUT2D eigenvalue weighted by Crippen LogP contribution is -2.36. The summed E-state index contributed by atoms with van der Waals surface area (Å²) < 4.78 is 47.6. The molecule has 0 saturated carbocycles. The maximum Gasteiger partial charge on any atom is 0.267 e.